The van der Waals surface area contributed by atoms with E-state index < -0.39 is 5.97 Å². The van der Waals surface area contributed by atoms with E-state index in [0.717, 1.165) is 19.5 Å². The average Bonchev–Trinajstić information content (AvgIpc) is 2.90. The van der Waals surface area contributed by atoms with Gasteiger partial charge in [0.25, 0.3) is 0 Å². The molecule has 1 N–H and O–H groups in total. The highest BCUT2D eigenvalue weighted by atomic mass is 19.1. The summed E-state index contributed by atoms with van der Waals surface area (Å²) in [6.07, 6.45) is 4.70. The summed E-state index contributed by atoms with van der Waals surface area (Å²) in [5.41, 5.74) is 0.937. The fraction of sp³-hybridized carbons (Fsp3) is 0.562. The van der Waals surface area contributed by atoms with Crippen LogP contribution in [0.25, 0.3) is 0 Å². The summed E-state index contributed by atoms with van der Waals surface area (Å²) in [5, 5.41) is 3.38. The van der Waals surface area contributed by atoms with E-state index in [1.165, 1.54) is 44.6 Å². The average molecular weight is 292 g/mol. The van der Waals surface area contributed by atoms with Gasteiger partial charge in [0.1, 0.15) is 5.82 Å². The Labute approximate surface area is 124 Å². The highest BCUT2D eigenvalue weighted by Gasteiger charge is 2.35. The first-order valence-corrected chi connectivity index (χ1v) is 7.57. The van der Waals surface area contributed by atoms with Gasteiger partial charge in [-0.25, -0.2) is 9.18 Å². The Balaban J connectivity index is 1.81. The van der Waals surface area contributed by atoms with Crippen molar-refractivity contribution in [3.8, 4) is 0 Å². The van der Waals surface area contributed by atoms with Crippen molar-refractivity contribution in [1.82, 2.24) is 4.90 Å². The molecule has 0 aromatic heterocycles. The van der Waals surface area contributed by atoms with E-state index in [4.69, 9.17) is 4.74 Å². The summed E-state index contributed by atoms with van der Waals surface area (Å²) in [4.78, 5) is 14.3. The van der Waals surface area contributed by atoms with E-state index in [2.05, 4.69) is 10.2 Å². The second kappa shape index (κ2) is 6.02. The molecule has 114 valence electrons. The molecule has 1 aromatic carbocycles. The van der Waals surface area contributed by atoms with Crippen LogP contribution in [0.4, 0.5) is 10.1 Å². The zero-order valence-corrected chi connectivity index (χ0v) is 12.3. The van der Waals surface area contributed by atoms with Crippen molar-refractivity contribution >= 4 is 11.7 Å². The molecule has 2 unspecified atom stereocenters. The van der Waals surface area contributed by atoms with Crippen molar-refractivity contribution in [2.45, 2.75) is 37.8 Å². The van der Waals surface area contributed by atoms with E-state index in [1.807, 2.05) is 0 Å². The molecule has 2 heterocycles. The molecule has 2 atom stereocenters. The molecule has 3 rings (SSSR count). The number of methoxy groups -OCH3 is 1. The van der Waals surface area contributed by atoms with Gasteiger partial charge in [0.15, 0.2) is 0 Å². The largest absolute Gasteiger partial charge is 0.465 e. The van der Waals surface area contributed by atoms with Gasteiger partial charge in [0.05, 0.1) is 18.4 Å². The van der Waals surface area contributed by atoms with E-state index in [-0.39, 0.29) is 11.9 Å². The van der Waals surface area contributed by atoms with Crippen LogP contribution >= 0.6 is 0 Å². The number of carbonyl (C=O) groups is 1. The first-order valence-electron chi connectivity index (χ1n) is 7.57. The summed E-state index contributed by atoms with van der Waals surface area (Å²) < 4.78 is 18.3. The standard InChI is InChI=1S/C16H21FN2O2/c1-21-16(20)12-6-5-11(17)10-14(12)18-13-7-9-19-8-3-2-4-15(13)19/h5-6,10,13,15,18H,2-4,7-9H2,1H3. The summed E-state index contributed by atoms with van der Waals surface area (Å²) in [7, 11) is 1.34. The van der Waals surface area contributed by atoms with Crippen molar-refractivity contribution in [3.63, 3.8) is 0 Å². The fourth-order valence-electron chi connectivity index (χ4n) is 3.54. The highest BCUT2D eigenvalue weighted by Crippen LogP contribution is 2.30. The number of nitrogens with zero attached hydrogens (tertiary/aromatic N) is 1. The molecule has 5 heteroatoms. The second-order valence-corrected chi connectivity index (χ2v) is 5.82. The highest BCUT2D eigenvalue weighted by molar-refractivity contribution is 5.95. The maximum Gasteiger partial charge on any atom is 0.339 e. The Bertz CT molecular complexity index is 535. The number of anilines is 1. The zero-order valence-electron chi connectivity index (χ0n) is 12.3. The van der Waals surface area contributed by atoms with Crippen LogP contribution < -0.4 is 5.32 Å². The van der Waals surface area contributed by atoms with Gasteiger partial charge in [-0.2, -0.15) is 0 Å². The quantitative estimate of drug-likeness (QED) is 0.870. The Morgan fingerprint density at radius 3 is 3.00 bits per heavy atom. The van der Waals surface area contributed by atoms with Gasteiger partial charge in [0.2, 0.25) is 0 Å². The number of nitrogens with one attached hydrogen (secondary N) is 1. The maximum atomic E-state index is 13.5. The first-order chi connectivity index (χ1) is 10.2. The van der Waals surface area contributed by atoms with Crippen molar-refractivity contribution in [1.29, 1.82) is 0 Å². The Hall–Kier alpha value is -1.62. The van der Waals surface area contributed by atoms with Crippen LogP contribution in [-0.2, 0) is 4.74 Å². The maximum absolute atomic E-state index is 13.5. The number of piperidine rings is 1. The topological polar surface area (TPSA) is 41.6 Å². The normalized spacial score (nSPS) is 25.4. The molecule has 0 bridgehead atoms. The summed E-state index contributed by atoms with van der Waals surface area (Å²) in [5.74, 6) is -0.778. The predicted octanol–water partition coefficient (Wildman–Crippen LogP) is 2.65. The van der Waals surface area contributed by atoms with Gasteiger partial charge < -0.3 is 10.1 Å². The van der Waals surface area contributed by atoms with E-state index in [1.54, 1.807) is 0 Å². The SMILES string of the molecule is COC(=O)c1ccc(F)cc1NC1CCN2CCCCC12. The molecule has 0 aliphatic carbocycles. The molecule has 0 amide bonds. The van der Waals surface area contributed by atoms with Gasteiger partial charge >= 0.3 is 5.97 Å². The molecule has 2 aliphatic heterocycles. The van der Waals surface area contributed by atoms with Crippen LogP contribution in [0.3, 0.4) is 0 Å². The van der Waals surface area contributed by atoms with Crippen LogP contribution in [0.1, 0.15) is 36.0 Å². The molecular formula is C16H21FN2O2. The molecule has 2 saturated heterocycles. The van der Waals surface area contributed by atoms with Gasteiger partial charge in [-0.1, -0.05) is 6.42 Å². The van der Waals surface area contributed by atoms with Crippen LogP contribution in [-0.4, -0.2) is 43.2 Å². The second-order valence-electron chi connectivity index (χ2n) is 5.82. The summed E-state index contributed by atoms with van der Waals surface area (Å²) >= 11 is 0. The lowest BCUT2D eigenvalue weighted by Gasteiger charge is -2.33. The summed E-state index contributed by atoms with van der Waals surface area (Å²) in [6.45, 7) is 2.22. The van der Waals surface area contributed by atoms with E-state index in [0.29, 0.717) is 17.3 Å². The minimum absolute atomic E-state index is 0.274. The number of hydrogen-bond acceptors (Lipinski definition) is 4. The number of rotatable bonds is 3. The molecule has 0 saturated carbocycles. The van der Waals surface area contributed by atoms with Gasteiger partial charge in [-0.05, 0) is 44.0 Å². The van der Waals surface area contributed by atoms with Crippen LogP contribution in [0.5, 0.6) is 0 Å². The van der Waals surface area contributed by atoms with E-state index in [9.17, 15) is 9.18 Å². The third-order valence-corrected chi connectivity index (χ3v) is 4.58. The number of esters is 1. The molecule has 0 radical (unpaired) electrons. The molecule has 2 fully saturated rings. The summed E-state index contributed by atoms with van der Waals surface area (Å²) in [6, 6.07) is 4.93. The molecule has 2 aliphatic rings. The van der Waals surface area contributed by atoms with Crippen molar-refractivity contribution < 1.29 is 13.9 Å². The number of carbonyl (C=O) groups excluding carboxylic acids is 1. The number of benzene rings is 1. The van der Waals surface area contributed by atoms with Crippen molar-refractivity contribution in [2.24, 2.45) is 0 Å². The zero-order chi connectivity index (χ0) is 14.8. The minimum atomic E-state index is -0.434. The fourth-order valence-corrected chi connectivity index (χ4v) is 3.54. The molecule has 0 spiro atoms. The molecule has 4 nitrogen and oxygen atoms in total. The van der Waals surface area contributed by atoms with Crippen molar-refractivity contribution in [3.05, 3.63) is 29.6 Å². The predicted molar refractivity (Wildman–Crippen MR) is 79.0 cm³/mol. The number of halogens is 1. The van der Waals surface area contributed by atoms with Gasteiger partial charge in [0, 0.05) is 18.6 Å². The monoisotopic (exact) mass is 292 g/mol. The third kappa shape index (κ3) is 2.88. The van der Waals surface area contributed by atoms with Gasteiger partial charge in [-0.3, -0.25) is 4.90 Å². The molecule has 21 heavy (non-hydrogen) atoms. The van der Waals surface area contributed by atoms with E-state index >= 15 is 0 Å². The van der Waals surface area contributed by atoms with Crippen LogP contribution in [0, 0.1) is 5.82 Å². The van der Waals surface area contributed by atoms with Crippen molar-refractivity contribution in [2.75, 3.05) is 25.5 Å². The lowest BCUT2D eigenvalue weighted by atomic mass is 9.98. The smallest absolute Gasteiger partial charge is 0.339 e. The Morgan fingerprint density at radius 2 is 2.19 bits per heavy atom. The van der Waals surface area contributed by atoms with Crippen LogP contribution in [0.2, 0.25) is 0 Å². The minimum Gasteiger partial charge on any atom is -0.465 e. The Kier molecular flexibility index (Phi) is 4.10. The molecule has 1 aromatic rings. The Morgan fingerprint density at radius 1 is 1.33 bits per heavy atom. The van der Waals surface area contributed by atoms with Crippen LogP contribution in [0.15, 0.2) is 18.2 Å². The lowest BCUT2D eigenvalue weighted by Crippen LogP contribution is -2.41. The lowest BCUT2D eigenvalue weighted by molar-refractivity contribution is 0.0601. The van der Waals surface area contributed by atoms with Gasteiger partial charge in [-0.15, -0.1) is 0 Å². The number of fused-ring (bicyclic) bond motifs is 1. The number of ether oxygens (including phenoxy) is 1. The molecular weight excluding hydrogens is 271 g/mol. The third-order valence-electron chi connectivity index (χ3n) is 4.58. The number of hydrogen-bond donors (Lipinski definition) is 1. The first kappa shape index (κ1) is 14.3.